The maximum Gasteiger partial charge on any atom is 0.234 e. The van der Waals surface area contributed by atoms with Crippen molar-refractivity contribution in [3.63, 3.8) is 0 Å². The van der Waals surface area contributed by atoms with Crippen molar-refractivity contribution in [1.29, 1.82) is 0 Å². The first-order chi connectivity index (χ1) is 12.1. The van der Waals surface area contributed by atoms with Gasteiger partial charge < -0.3 is 5.32 Å². The highest BCUT2D eigenvalue weighted by Gasteiger charge is 2.07. The number of nitrogens with zero attached hydrogens (tertiary/aromatic N) is 2. The number of hydrogen-bond donors (Lipinski definition) is 2. The molecular formula is C19H20N4OS. The van der Waals surface area contributed by atoms with E-state index in [1.54, 1.807) is 11.8 Å². The van der Waals surface area contributed by atoms with Crippen molar-refractivity contribution < 1.29 is 4.79 Å². The molecule has 2 aromatic carbocycles. The Morgan fingerprint density at radius 2 is 2.00 bits per heavy atom. The van der Waals surface area contributed by atoms with Gasteiger partial charge in [-0.15, -0.1) is 11.8 Å². The quantitative estimate of drug-likeness (QED) is 0.704. The molecule has 0 saturated carbocycles. The molecule has 3 aromatic rings. The van der Waals surface area contributed by atoms with E-state index in [-0.39, 0.29) is 5.91 Å². The van der Waals surface area contributed by atoms with Crippen molar-refractivity contribution in [2.75, 3.05) is 11.1 Å². The van der Waals surface area contributed by atoms with E-state index in [2.05, 4.69) is 45.6 Å². The average Bonchev–Trinajstić information content (AvgIpc) is 3.02. The number of anilines is 1. The second-order valence-corrected chi connectivity index (χ2v) is 6.84. The van der Waals surface area contributed by atoms with E-state index >= 15 is 0 Å². The summed E-state index contributed by atoms with van der Waals surface area (Å²) < 4.78 is 0. The Balaban J connectivity index is 1.54. The van der Waals surface area contributed by atoms with Crippen LogP contribution in [0.4, 0.5) is 5.69 Å². The van der Waals surface area contributed by atoms with Gasteiger partial charge in [0.05, 0.1) is 5.75 Å². The Hall–Kier alpha value is -2.60. The second kappa shape index (κ2) is 7.98. The number of thioether (sulfide) groups is 1. The lowest BCUT2D eigenvalue weighted by Crippen LogP contribution is -2.14. The van der Waals surface area contributed by atoms with Crippen molar-refractivity contribution in [2.24, 2.45) is 0 Å². The Morgan fingerprint density at radius 1 is 1.16 bits per heavy atom. The Bertz CT molecular complexity index is 875. The van der Waals surface area contributed by atoms with Crippen LogP contribution < -0.4 is 5.32 Å². The minimum Gasteiger partial charge on any atom is -0.325 e. The summed E-state index contributed by atoms with van der Waals surface area (Å²) in [6.45, 7) is 3.93. The van der Waals surface area contributed by atoms with Gasteiger partial charge in [-0.25, -0.2) is 4.98 Å². The number of aromatic amines is 1. The van der Waals surface area contributed by atoms with Gasteiger partial charge in [-0.05, 0) is 31.5 Å². The zero-order valence-corrected chi connectivity index (χ0v) is 15.1. The zero-order valence-electron chi connectivity index (χ0n) is 14.2. The minimum absolute atomic E-state index is 0.0130. The summed E-state index contributed by atoms with van der Waals surface area (Å²) in [6, 6.07) is 15.9. The van der Waals surface area contributed by atoms with Crippen LogP contribution in [0.3, 0.4) is 0 Å². The van der Waals surface area contributed by atoms with Crippen molar-refractivity contribution in [1.82, 2.24) is 15.2 Å². The molecule has 3 rings (SSSR count). The molecule has 0 bridgehead atoms. The van der Waals surface area contributed by atoms with Gasteiger partial charge in [0, 0.05) is 17.0 Å². The molecule has 2 N–H and O–H groups in total. The largest absolute Gasteiger partial charge is 0.325 e. The van der Waals surface area contributed by atoms with E-state index in [9.17, 15) is 4.79 Å². The van der Waals surface area contributed by atoms with Gasteiger partial charge in [-0.3, -0.25) is 9.89 Å². The monoisotopic (exact) mass is 352 g/mol. The summed E-state index contributed by atoms with van der Waals surface area (Å²) in [6.07, 6.45) is 0. The molecule has 128 valence electrons. The highest BCUT2D eigenvalue weighted by molar-refractivity contribution is 7.99. The van der Waals surface area contributed by atoms with Crippen LogP contribution in [0.5, 0.6) is 0 Å². The van der Waals surface area contributed by atoms with Gasteiger partial charge in [0.2, 0.25) is 5.91 Å². The van der Waals surface area contributed by atoms with E-state index < -0.39 is 0 Å². The third-order valence-electron chi connectivity index (χ3n) is 3.59. The molecule has 6 heteroatoms. The van der Waals surface area contributed by atoms with E-state index in [1.165, 1.54) is 11.1 Å². The SMILES string of the molecule is Cc1cccc(CSCC(=O)Nc2cccc(-c3n[nH]c(C)n3)c2)c1. The standard InChI is InChI=1S/C19H20N4OS/c1-13-5-3-6-15(9-13)11-25-12-18(24)21-17-8-4-7-16(10-17)19-20-14(2)22-23-19/h3-10H,11-12H2,1-2H3,(H,21,24)(H,20,22,23). The lowest BCUT2D eigenvalue weighted by molar-refractivity contribution is -0.113. The third kappa shape index (κ3) is 4.93. The van der Waals surface area contributed by atoms with Crippen LogP contribution in [-0.2, 0) is 10.5 Å². The molecule has 0 fully saturated rings. The molecule has 0 atom stereocenters. The maximum atomic E-state index is 12.2. The molecule has 0 saturated heterocycles. The molecule has 0 aliphatic heterocycles. The van der Waals surface area contributed by atoms with Crippen LogP contribution >= 0.6 is 11.8 Å². The Morgan fingerprint density at radius 3 is 2.76 bits per heavy atom. The number of benzene rings is 2. The molecule has 1 aromatic heterocycles. The number of rotatable bonds is 6. The van der Waals surface area contributed by atoms with Crippen molar-refractivity contribution in [2.45, 2.75) is 19.6 Å². The lowest BCUT2D eigenvalue weighted by atomic mass is 10.2. The first kappa shape index (κ1) is 17.2. The number of nitrogens with one attached hydrogen (secondary N) is 2. The van der Waals surface area contributed by atoms with Crippen LogP contribution in [0.1, 0.15) is 17.0 Å². The van der Waals surface area contributed by atoms with Crippen molar-refractivity contribution in [3.05, 3.63) is 65.5 Å². The summed E-state index contributed by atoms with van der Waals surface area (Å²) in [5.41, 5.74) is 4.09. The van der Waals surface area contributed by atoms with Crippen molar-refractivity contribution >= 4 is 23.4 Å². The Labute approximate surface area is 151 Å². The van der Waals surface area contributed by atoms with Gasteiger partial charge in [-0.2, -0.15) is 5.10 Å². The fourth-order valence-corrected chi connectivity index (χ4v) is 3.24. The summed E-state index contributed by atoms with van der Waals surface area (Å²) >= 11 is 1.60. The number of aryl methyl sites for hydroxylation is 2. The van der Waals surface area contributed by atoms with Gasteiger partial charge in [0.15, 0.2) is 5.82 Å². The molecule has 0 aliphatic rings. The van der Waals surface area contributed by atoms with Gasteiger partial charge in [0.1, 0.15) is 5.82 Å². The average molecular weight is 352 g/mol. The molecule has 0 aliphatic carbocycles. The molecule has 1 amide bonds. The van der Waals surface area contributed by atoms with Crippen LogP contribution in [0, 0.1) is 13.8 Å². The van der Waals surface area contributed by atoms with E-state index in [4.69, 9.17) is 0 Å². The van der Waals surface area contributed by atoms with E-state index in [1.807, 2.05) is 37.3 Å². The highest BCUT2D eigenvalue weighted by atomic mass is 32.2. The first-order valence-electron chi connectivity index (χ1n) is 8.03. The maximum absolute atomic E-state index is 12.2. The fourth-order valence-electron chi connectivity index (χ4n) is 2.47. The zero-order chi connectivity index (χ0) is 17.6. The number of hydrogen-bond acceptors (Lipinski definition) is 4. The highest BCUT2D eigenvalue weighted by Crippen LogP contribution is 2.20. The molecule has 5 nitrogen and oxygen atoms in total. The summed E-state index contributed by atoms with van der Waals surface area (Å²) in [5.74, 6) is 2.61. The van der Waals surface area contributed by atoms with Gasteiger partial charge in [0.25, 0.3) is 0 Å². The van der Waals surface area contributed by atoms with E-state index in [0.717, 1.165) is 22.8 Å². The van der Waals surface area contributed by atoms with Gasteiger partial charge >= 0.3 is 0 Å². The van der Waals surface area contributed by atoms with Crippen molar-refractivity contribution in [3.8, 4) is 11.4 Å². The predicted octanol–water partition coefficient (Wildman–Crippen LogP) is 3.96. The normalized spacial score (nSPS) is 10.6. The smallest absolute Gasteiger partial charge is 0.234 e. The number of carbonyl (C=O) groups is 1. The Kier molecular flexibility index (Phi) is 5.50. The second-order valence-electron chi connectivity index (χ2n) is 5.86. The van der Waals surface area contributed by atoms with E-state index in [0.29, 0.717) is 11.6 Å². The summed E-state index contributed by atoms with van der Waals surface area (Å²) in [7, 11) is 0. The number of aromatic nitrogens is 3. The minimum atomic E-state index is -0.0130. The summed E-state index contributed by atoms with van der Waals surface area (Å²) in [4.78, 5) is 16.5. The number of amides is 1. The predicted molar refractivity (Wildman–Crippen MR) is 103 cm³/mol. The molecule has 0 radical (unpaired) electrons. The third-order valence-corrected chi connectivity index (χ3v) is 4.59. The molecule has 0 unspecified atom stereocenters. The molecule has 0 spiro atoms. The molecular weight excluding hydrogens is 332 g/mol. The first-order valence-corrected chi connectivity index (χ1v) is 9.18. The number of H-pyrrole nitrogens is 1. The number of carbonyl (C=O) groups excluding carboxylic acids is 1. The fraction of sp³-hybridized carbons (Fsp3) is 0.211. The van der Waals surface area contributed by atoms with Crippen LogP contribution in [-0.4, -0.2) is 26.8 Å². The molecule has 1 heterocycles. The van der Waals surface area contributed by atoms with Crippen LogP contribution in [0.2, 0.25) is 0 Å². The topological polar surface area (TPSA) is 70.7 Å². The van der Waals surface area contributed by atoms with Crippen LogP contribution in [0.25, 0.3) is 11.4 Å². The van der Waals surface area contributed by atoms with Crippen LogP contribution in [0.15, 0.2) is 48.5 Å². The summed E-state index contributed by atoms with van der Waals surface area (Å²) in [5, 5.41) is 9.90. The lowest BCUT2D eigenvalue weighted by Gasteiger charge is -2.07. The van der Waals surface area contributed by atoms with Gasteiger partial charge in [-0.1, -0.05) is 42.0 Å². The molecule has 25 heavy (non-hydrogen) atoms.